The average Bonchev–Trinajstić information content (AvgIpc) is 2.08. The highest BCUT2D eigenvalue weighted by molar-refractivity contribution is 14.1. The molecule has 0 aromatic heterocycles. The second-order valence-electron chi connectivity index (χ2n) is 2.79. The number of alkyl halides is 2. The monoisotopic (exact) mass is 311 g/mol. The van der Waals surface area contributed by atoms with Crippen molar-refractivity contribution in [3.63, 3.8) is 0 Å². The summed E-state index contributed by atoms with van der Waals surface area (Å²) < 4.78 is 25.4. The first kappa shape index (κ1) is 11.4. The molecule has 0 atom stereocenters. The van der Waals surface area contributed by atoms with Gasteiger partial charge < -0.3 is 5.73 Å². The van der Waals surface area contributed by atoms with Crippen LogP contribution in [0.4, 0.5) is 14.5 Å². The maximum Gasteiger partial charge on any atom is 0.264 e. The minimum Gasteiger partial charge on any atom is -0.398 e. The molecule has 0 unspecified atom stereocenters. The van der Waals surface area contributed by atoms with E-state index in [4.69, 9.17) is 5.73 Å². The maximum absolute atomic E-state index is 12.5. The number of rotatable bonds is 2. The van der Waals surface area contributed by atoms with Gasteiger partial charge in [-0.1, -0.05) is 6.07 Å². The summed E-state index contributed by atoms with van der Waals surface area (Å²) in [5.41, 5.74) is 5.64. The Labute approximate surface area is 93.6 Å². The van der Waals surface area contributed by atoms with Gasteiger partial charge in [0.05, 0.1) is 0 Å². The average molecular weight is 311 g/mol. The molecular formula is C9H8F2INO. The van der Waals surface area contributed by atoms with Gasteiger partial charge in [-0.25, -0.2) is 8.78 Å². The van der Waals surface area contributed by atoms with Crippen molar-refractivity contribution >= 4 is 34.1 Å². The van der Waals surface area contributed by atoms with Crippen LogP contribution in [0.15, 0.2) is 12.1 Å². The zero-order valence-electron chi connectivity index (χ0n) is 7.35. The van der Waals surface area contributed by atoms with E-state index in [1.165, 1.54) is 19.1 Å². The van der Waals surface area contributed by atoms with Crippen molar-refractivity contribution in [2.45, 2.75) is 13.3 Å². The second-order valence-corrected chi connectivity index (χ2v) is 3.87. The zero-order valence-corrected chi connectivity index (χ0v) is 9.51. The summed E-state index contributed by atoms with van der Waals surface area (Å²) >= 11 is 1.80. The highest BCUT2D eigenvalue weighted by atomic mass is 127. The van der Waals surface area contributed by atoms with Crippen LogP contribution in [-0.4, -0.2) is 5.78 Å². The highest BCUT2D eigenvalue weighted by Gasteiger charge is 2.19. The molecule has 0 radical (unpaired) electrons. The summed E-state index contributed by atoms with van der Waals surface area (Å²) in [6.07, 6.45) is -2.65. The summed E-state index contributed by atoms with van der Waals surface area (Å²) in [5.74, 6) is -0.392. The van der Waals surface area contributed by atoms with E-state index in [0.717, 1.165) is 0 Å². The molecule has 1 aromatic carbocycles. The molecule has 0 aliphatic carbocycles. The number of hydrogen-bond donors (Lipinski definition) is 1. The van der Waals surface area contributed by atoms with Crippen molar-refractivity contribution in [2.75, 3.05) is 5.73 Å². The Morgan fingerprint density at radius 2 is 2.07 bits per heavy atom. The lowest BCUT2D eigenvalue weighted by atomic mass is 10.0. The zero-order chi connectivity index (χ0) is 10.9. The lowest BCUT2D eigenvalue weighted by Crippen LogP contribution is -2.06. The van der Waals surface area contributed by atoms with Gasteiger partial charge in [0.1, 0.15) is 0 Å². The molecule has 76 valence electrons. The van der Waals surface area contributed by atoms with Gasteiger partial charge in [-0.05, 0) is 35.6 Å². The van der Waals surface area contributed by atoms with Crippen LogP contribution in [0.1, 0.15) is 29.3 Å². The van der Waals surface area contributed by atoms with E-state index in [0.29, 0.717) is 9.26 Å². The number of carbonyl (C=O) groups excluding carboxylic acids is 1. The standard InChI is InChI=1S/C9H8F2INO/c1-4(14)7-5(9(10)11)2-3-6(13)8(7)12/h2-3,9H,13H2,1H3. The fourth-order valence-corrected chi connectivity index (χ4v) is 2.02. The fourth-order valence-electron chi connectivity index (χ4n) is 1.15. The molecule has 2 nitrogen and oxygen atoms in total. The van der Waals surface area contributed by atoms with Gasteiger partial charge in [0.15, 0.2) is 5.78 Å². The topological polar surface area (TPSA) is 43.1 Å². The van der Waals surface area contributed by atoms with E-state index < -0.39 is 12.2 Å². The van der Waals surface area contributed by atoms with E-state index in [-0.39, 0.29) is 11.1 Å². The molecule has 0 heterocycles. The molecule has 5 heteroatoms. The molecule has 0 fully saturated rings. The Morgan fingerprint density at radius 3 is 2.50 bits per heavy atom. The largest absolute Gasteiger partial charge is 0.398 e. The number of halogens is 3. The summed E-state index contributed by atoms with van der Waals surface area (Å²) in [5, 5.41) is 0. The van der Waals surface area contributed by atoms with Crippen LogP contribution >= 0.6 is 22.6 Å². The van der Waals surface area contributed by atoms with E-state index in [9.17, 15) is 13.6 Å². The minimum absolute atomic E-state index is 0.0283. The van der Waals surface area contributed by atoms with E-state index in [1.807, 2.05) is 0 Å². The Bertz CT molecular complexity index is 379. The summed E-state index contributed by atoms with van der Waals surface area (Å²) in [6, 6.07) is 2.58. The molecular weight excluding hydrogens is 303 g/mol. The molecule has 1 aromatic rings. The van der Waals surface area contributed by atoms with Gasteiger partial charge in [-0.3, -0.25) is 4.79 Å². The number of ketones is 1. The summed E-state index contributed by atoms with van der Waals surface area (Å²) in [4.78, 5) is 11.2. The van der Waals surface area contributed by atoms with Crippen LogP contribution in [0.5, 0.6) is 0 Å². The number of carbonyl (C=O) groups is 1. The molecule has 0 amide bonds. The Hall–Kier alpha value is -0.720. The van der Waals surface area contributed by atoms with Gasteiger partial charge in [-0.2, -0.15) is 0 Å². The van der Waals surface area contributed by atoms with Crippen molar-refractivity contribution < 1.29 is 13.6 Å². The lowest BCUT2D eigenvalue weighted by molar-refractivity contribution is 0.0998. The molecule has 0 aliphatic heterocycles. The fraction of sp³-hybridized carbons (Fsp3) is 0.222. The Morgan fingerprint density at radius 1 is 1.50 bits per heavy atom. The van der Waals surface area contributed by atoms with Crippen molar-refractivity contribution in [2.24, 2.45) is 0 Å². The van der Waals surface area contributed by atoms with Crippen molar-refractivity contribution in [3.05, 3.63) is 26.8 Å². The molecule has 0 bridgehead atoms. The molecule has 0 saturated heterocycles. The number of benzene rings is 1. The van der Waals surface area contributed by atoms with Crippen molar-refractivity contribution in [1.82, 2.24) is 0 Å². The number of hydrogen-bond acceptors (Lipinski definition) is 2. The minimum atomic E-state index is -2.65. The van der Waals surface area contributed by atoms with Crippen LogP contribution in [0.2, 0.25) is 0 Å². The van der Waals surface area contributed by atoms with Crippen LogP contribution in [0, 0.1) is 3.57 Å². The molecule has 14 heavy (non-hydrogen) atoms. The third-order valence-corrected chi connectivity index (χ3v) is 2.95. The van der Waals surface area contributed by atoms with E-state index in [1.54, 1.807) is 22.6 Å². The summed E-state index contributed by atoms with van der Waals surface area (Å²) in [7, 11) is 0. The Kier molecular flexibility index (Phi) is 3.41. The van der Waals surface area contributed by atoms with Crippen molar-refractivity contribution in [3.8, 4) is 0 Å². The molecule has 1 rings (SSSR count). The highest BCUT2D eigenvalue weighted by Crippen LogP contribution is 2.30. The van der Waals surface area contributed by atoms with Gasteiger partial charge in [-0.15, -0.1) is 0 Å². The molecule has 0 aliphatic rings. The summed E-state index contributed by atoms with van der Waals surface area (Å²) in [6.45, 7) is 1.25. The number of nitrogen functional groups attached to an aromatic ring is 1. The number of Topliss-reactive ketones (excluding diaryl/α,β-unsaturated/α-hetero) is 1. The van der Waals surface area contributed by atoms with Crippen LogP contribution in [0.25, 0.3) is 0 Å². The lowest BCUT2D eigenvalue weighted by Gasteiger charge is -2.09. The normalized spacial score (nSPS) is 10.6. The van der Waals surface area contributed by atoms with Gasteiger partial charge in [0, 0.05) is 20.4 Å². The first-order valence-electron chi connectivity index (χ1n) is 3.82. The molecule has 2 N–H and O–H groups in total. The van der Waals surface area contributed by atoms with Crippen LogP contribution in [0.3, 0.4) is 0 Å². The Balaban J connectivity index is 3.45. The SMILES string of the molecule is CC(=O)c1c(C(F)F)ccc(N)c1I. The predicted molar refractivity (Wildman–Crippen MR) is 58.5 cm³/mol. The van der Waals surface area contributed by atoms with Gasteiger partial charge in [0.25, 0.3) is 6.43 Å². The smallest absolute Gasteiger partial charge is 0.264 e. The second kappa shape index (κ2) is 4.20. The first-order valence-corrected chi connectivity index (χ1v) is 4.90. The van der Waals surface area contributed by atoms with Crippen LogP contribution in [-0.2, 0) is 0 Å². The van der Waals surface area contributed by atoms with Gasteiger partial charge >= 0.3 is 0 Å². The number of nitrogens with two attached hydrogens (primary N) is 1. The van der Waals surface area contributed by atoms with Crippen molar-refractivity contribution in [1.29, 1.82) is 0 Å². The molecule has 0 spiro atoms. The van der Waals surface area contributed by atoms with E-state index in [2.05, 4.69) is 0 Å². The van der Waals surface area contributed by atoms with Gasteiger partial charge in [0.2, 0.25) is 0 Å². The van der Waals surface area contributed by atoms with E-state index >= 15 is 0 Å². The first-order chi connectivity index (χ1) is 6.45. The molecule has 0 saturated carbocycles. The number of anilines is 1. The maximum atomic E-state index is 12.5. The quantitative estimate of drug-likeness (QED) is 0.518. The predicted octanol–water partition coefficient (Wildman–Crippen LogP) is 3.01. The third kappa shape index (κ3) is 2.02. The van der Waals surface area contributed by atoms with Crippen LogP contribution < -0.4 is 5.73 Å². The third-order valence-electron chi connectivity index (χ3n) is 1.79.